The Kier molecular flexibility index (Phi) is 6.06. The van der Waals surface area contributed by atoms with E-state index in [0.29, 0.717) is 0 Å². The highest BCUT2D eigenvalue weighted by atomic mass is 32.2. The second-order valence-electron chi connectivity index (χ2n) is 2.69. The van der Waals surface area contributed by atoms with Crippen LogP contribution in [0.4, 0.5) is 0 Å². The smallest absolute Gasteiger partial charge is 0.294 e. The van der Waals surface area contributed by atoms with Gasteiger partial charge in [0, 0.05) is 0 Å². The van der Waals surface area contributed by atoms with Crippen LogP contribution in [0.3, 0.4) is 0 Å². The normalized spacial score (nSPS) is 10.6. The van der Waals surface area contributed by atoms with Crippen molar-refractivity contribution in [2.75, 3.05) is 0 Å². The van der Waals surface area contributed by atoms with E-state index in [9.17, 15) is 13.2 Å². The zero-order chi connectivity index (χ0) is 12.6. The van der Waals surface area contributed by atoms with Crippen molar-refractivity contribution >= 4 is 16.0 Å². The first-order chi connectivity index (χ1) is 7.38. The van der Waals surface area contributed by atoms with Gasteiger partial charge in [-0.25, -0.2) is 0 Å². The fourth-order valence-electron chi connectivity index (χ4n) is 0.757. The third-order valence-corrected chi connectivity index (χ3v) is 2.24. The molecular weight excluding hydrogens is 230 g/mol. The zero-order valence-corrected chi connectivity index (χ0v) is 9.52. The summed E-state index contributed by atoms with van der Waals surface area (Å²) in [5, 5.41) is 0. The Hall–Kier alpha value is -1.66. The Bertz CT molecular complexity index is 451. The maximum absolute atomic E-state index is 10.4. The van der Waals surface area contributed by atoms with Crippen LogP contribution in [0.2, 0.25) is 0 Å². The van der Waals surface area contributed by atoms with E-state index >= 15 is 0 Å². The zero-order valence-electron chi connectivity index (χ0n) is 8.70. The van der Waals surface area contributed by atoms with Gasteiger partial charge < -0.3 is 5.73 Å². The fraction of sp³-hybridized carbons (Fsp3) is 0.100. The van der Waals surface area contributed by atoms with Gasteiger partial charge in [0.1, 0.15) is 0 Å². The molecule has 0 saturated carbocycles. The third kappa shape index (κ3) is 6.74. The van der Waals surface area contributed by atoms with Gasteiger partial charge in [-0.3, -0.25) is 9.35 Å². The van der Waals surface area contributed by atoms with E-state index in [2.05, 4.69) is 5.73 Å². The molecule has 1 amide bonds. The van der Waals surface area contributed by atoms with E-state index in [1.807, 2.05) is 0 Å². The molecule has 5 nitrogen and oxygen atoms in total. The molecule has 0 bridgehead atoms. The summed E-state index contributed by atoms with van der Waals surface area (Å²) in [6.45, 7) is 1.74. The van der Waals surface area contributed by atoms with E-state index in [4.69, 9.17) is 4.55 Å². The Morgan fingerprint density at radius 1 is 1.31 bits per heavy atom. The maximum Gasteiger partial charge on any atom is 0.294 e. The number of allylic oxidation sites excluding steroid dienone is 1. The van der Waals surface area contributed by atoms with Crippen LogP contribution in [0.1, 0.15) is 6.92 Å². The average Bonchev–Trinajstić information content (AvgIpc) is 2.18. The van der Waals surface area contributed by atoms with Crippen LogP contribution in [0.25, 0.3) is 0 Å². The molecule has 0 heterocycles. The largest absolute Gasteiger partial charge is 0.366 e. The lowest BCUT2D eigenvalue weighted by Gasteiger charge is -1.92. The van der Waals surface area contributed by atoms with Crippen LogP contribution in [0, 0.1) is 0 Å². The number of primary amides is 1. The molecular formula is C10H13NO4S. The summed E-state index contributed by atoms with van der Waals surface area (Å²) in [5.41, 5.74) is 4.68. The molecule has 0 aliphatic heterocycles. The minimum atomic E-state index is -4.00. The summed E-state index contributed by atoms with van der Waals surface area (Å²) in [6, 6.07) is 7.42. The number of hydrogen-bond acceptors (Lipinski definition) is 3. The van der Waals surface area contributed by atoms with E-state index in [0.717, 1.165) is 0 Å². The number of carbonyl (C=O) groups excluding carboxylic acids is 1. The Morgan fingerprint density at radius 2 is 1.81 bits per heavy atom. The monoisotopic (exact) mass is 243 g/mol. The van der Waals surface area contributed by atoms with Crippen LogP contribution in [0.5, 0.6) is 0 Å². The third-order valence-electron chi connectivity index (χ3n) is 1.37. The van der Waals surface area contributed by atoms with Crippen molar-refractivity contribution in [3.63, 3.8) is 0 Å². The summed E-state index contributed by atoms with van der Waals surface area (Å²) in [5.74, 6) is -0.391. The summed E-state index contributed by atoms with van der Waals surface area (Å²) >= 11 is 0. The van der Waals surface area contributed by atoms with Crippen molar-refractivity contribution in [2.24, 2.45) is 5.73 Å². The van der Waals surface area contributed by atoms with Gasteiger partial charge in [-0.1, -0.05) is 24.3 Å². The molecule has 1 aromatic carbocycles. The van der Waals surface area contributed by atoms with Crippen molar-refractivity contribution in [2.45, 2.75) is 11.8 Å². The molecule has 0 fully saturated rings. The number of rotatable bonds is 2. The molecule has 3 N–H and O–H groups in total. The SMILES string of the molecule is CC=CC(N)=O.O=S(=O)(O)c1ccccc1. The lowest BCUT2D eigenvalue weighted by molar-refractivity contribution is -0.113. The van der Waals surface area contributed by atoms with Gasteiger partial charge in [-0.05, 0) is 25.1 Å². The molecule has 1 rings (SSSR count). The van der Waals surface area contributed by atoms with Crippen molar-refractivity contribution in [3.05, 3.63) is 42.5 Å². The lowest BCUT2D eigenvalue weighted by Crippen LogP contribution is -2.04. The van der Waals surface area contributed by atoms with Crippen LogP contribution >= 0.6 is 0 Å². The fourth-order valence-corrected chi connectivity index (χ4v) is 1.26. The minimum absolute atomic E-state index is 0.0741. The summed E-state index contributed by atoms with van der Waals surface area (Å²) in [6.07, 6.45) is 2.91. The van der Waals surface area contributed by atoms with E-state index in [1.165, 1.54) is 18.2 Å². The molecule has 88 valence electrons. The van der Waals surface area contributed by atoms with Crippen molar-refractivity contribution in [1.29, 1.82) is 0 Å². The van der Waals surface area contributed by atoms with Gasteiger partial charge in [0.15, 0.2) is 0 Å². The quantitative estimate of drug-likeness (QED) is 0.597. The Morgan fingerprint density at radius 3 is 2.00 bits per heavy atom. The summed E-state index contributed by atoms with van der Waals surface area (Å²) in [7, 11) is -4.00. The first-order valence-corrected chi connectivity index (χ1v) is 5.76. The summed E-state index contributed by atoms with van der Waals surface area (Å²) in [4.78, 5) is 9.66. The topological polar surface area (TPSA) is 97.5 Å². The van der Waals surface area contributed by atoms with Crippen LogP contribution in [0.15, 0.2) is 47.4 Å². The molecule has 0 saturated heterocycles. The van der Waals surface area contributed by atoms with E-state index in [-0.39, 0.29) is 4.90 Å². The van der Waals surface area contributed by atoms with Crippen LogP contribution in [-0.4, -0.2) is 18.9 Å². The maximum atomic E-state index is 10.4. The molecule has 0 aromatic heterocycles. The number of carbonyl (C=O) groups is 1. The minimum Gasteiger partial charge on any atom is -0.366 e. The van der Waals surface area contributed by atoms with Crippen LogP contribution in [-0.2, 0) is 14.9 Å². The van der Waals surface area contributed by atoms with Crippen molar-refractivity contribution < 1.29 is 17.8 Å². The van der Waals surface area contributed by atoms with Gasteiger partial charge in [0.25, 0.3) is 10.1 Å². The molecule has 16 heavy (non-hydrogen) atoms. The van der Waals surface area contributed by atoms with Crippen molar-refractivity contribution in [3.8, 4) is 0 Å². The van der Waals surface area contributed by atoms with Crippen LogP contribution < -0.4 is 5.73 Å². The van der Waals surface area contributed by atoms with Gasteiger partial charge in [-0.2, -0.15) is 8.42 Å². The highest BCUT2D eigenvalue weighted by Crippen LogP contribution is 2.05. The second-order valence-corrected chi connectivity index (χ2v) is 4.11. The number of amides is 1. The molecule has 6 heteroatoms. The van der Waals surface area contributed by atoms with Gasteiger partial charge in [0.2, 0.25) is 5.91 Å². The molecule has 0 spiro atoms. The highest BCUT2D eigenvalue weighted by molar-refractivity contribution is 7.85. The Balaban J connectivity index is 0.000000325. The summed E-state index contributed by atoms with van der Waals surface area (Å²) < 4.78 is 29.2. The molecule has 1 aromatic rings. The average molecular weight is 243 g/mol. The lowest BCUT2D eigenvalue weighted by atomic mass is 10.4. The van der Waals surface area contributed by atoms with E-state index in [1.54, 1.807) is 31.2 Å². The van der Waals surface area contributed by atoms with E-state index < -0.39 is 16.0 Å². The van der Waals surface area contributed by atoms with Gasteiger partial charge in [0.05, 0.1) is 4.90 Å². The number of benzene rings is 1. The standard InChI is InChI=1S/C6H6O3S.C4H7NO/c7-10(8,9)6-4-2-1-3-5-6;1-2-3-4(5)6/h1-5H,(H,7,8,9);2-3H,1H3,(H2,5,6). The number of nitrogens with two attached hydrogens (primary N) is 1. The molecule has 0 atom stereocenters. The van der Waals surface area contributed by atoms with Gasteiger partial charge in [-0.15, -0.1) is 0 Å². The highest BCUT2D eigenvalue weighted by Gasteiger charge is 2.05. The predicted octanol–water partition coefficient (Wildman–Crippen LogP) is 0.981. The Labute approximate surface area is 94.3 Å². The van der Waals surface area contributed by atoms with Gasteiger partial charge >= 0.3 is 0 Å². The predicted molar refractivity (Wildman–Crippen MR) is 60.3 cm³/mol. The van der Waals surface area contributed by atoms with Crippen molar-refractivity contribution in [1.82, 2.24) is 0 Å². The number of hydrogen-bond donors (Lipinski definition) is 2. The molecule has 0 radical (unpaired) electrons. The first kappa shape index (κ1) is 14.3. The molecule has 0 unspecified atom stereocenters. The second kappa shape index (κ2) is 6.76. The molecule has 0 aliphatic carbocycles. The first-order valence-electron chi connectivity index (χ1n) is 4.32. The molecule has 0 aliphatic rings.